The van der Waals surface area contributed by atoms with E-state index in [2.05, 4.69) is 13.8 Å². The molecule has 0 saturated heterocycles. The summed E-state index contributed by atoms with van der Waals surface area (Å²) in [5.41, 5.74) is 0. The van der Waals surface area contributed by atoms with Crippen LogP contribution in [0.15, 0.2) is 0 Å². The quantitative estimate of drug-likeness (QED) is 0.0848. The van der Waals surface area contributed by atoms with E-state index in [1.54, 1.807) is 0 Å². The molecule has 0 rings (SSSR count). The fourth-order valence-electron chi connectivity index (χ4n) is 3.78. The zero-order valence-corrected chi connectivity index (χ0v) is 23.4. The molecular weight excluding hydrogens is 440 g/mol. The van der Waals surface area contributed by atoms with Crippen molar-refractivity contribution in [2.75, 3.05) is 19.8 Å². The standard InChI is InChI=1S/C25H50O5SSi/c1-6-11-12-13-14-15-16-17-18-19-20-24(26)25(27)31-23(7-2)21-22-32(28-8-3,29-9-4)30-10-5/h23H,6-22H2,1-5H3. The van der Waals surface area contributed by atoms with Crippen LogP contribution < -0.4 is 0 Å². The lowest BCUT2D eigenvalue weighted by Crippen LogP contribution is -2.46. The predicted molar refractivity (Wildman–Crippen MR) is 138 cm³/mol. The number of Topliss-reactive ketones (excluding diaryl/α,β-unsaturated/α-hetero) is 1. The molecule has 0 aliphatic heterocycles. The molecule has 0 aromatic heterocycles. The van der Waals surface area contributed by atoms with E-state index in [-0.39, 0.29) is 16.1 Å². The maximum atomic E-state index is 12.4. The number of thioether (sulfide) groups is 1. The second kappa shape index (κ2) is 21.3. The van der Waals surface area contributed by atoms with Crippen LogP contribution in [0.1, 0.15) is 118 Å². The smallest absolute Gasteiger partial charge is 0.374 e. The molecule has 0 heterocycles. The lowest BCUT2D eigenvalue weighted by Gasteiger charge is -2.29. The van der Waals surface area contributed by atoms with Crippen LogP contribution >= 0.6 is 11.8 Å². The number of rotatable bonds is 23. The van der Waals surface area contributed by atoms with Gasteiger partial charge in [0.15, 0.2) is 0 Å². The molecule has 1 unspecified atom stereocenters. The molecule has 0 bridgehead atoms. The second-order valence-corrected chi connectivity index (χ2v) is 12.3. The van der Waals surface area contributed by atoms with E-state index in [9.17, 15) is 9.59 Å². The lowest BCUT2D eigenvalue weighted by molar-refractivity contribution is -0.131. The lowest BCUT2D eigenvalue weighted by atomic mass is 10.1. The summed E-state index contributed by atoms with van der Waals surface area (Å²) in [7, 11) is -2.71. The topological polar surface area (TPSA) is 61.8 Å². The summed E-state index contributed by atoms with van der Waals surface area (Å²) in [6, 6.07) is 0.675. The van der Waals surface area contributed by atoms with Gasteiger partial charge in [-0.3, -0.25) is 9.59 Å². The van der Waals surface area contributed by atoms with Gasteiger partial charge in [-0.1, -0.05) is 83.4 Å². The van der Waals surface area contributed by atoms with Crippen molar-refractivity contribution >= 4 is 31.5 Å². The van der Waals surface area contributed by atoms with E-state index < -0.39 is 8.80 Å². The predicted octanol–water partition coefficient (Wildman–Crippen LogP) is 7.34. The van der Waals surface area contributed by atoms with E-state index in [0.29, 0.717) is 32.3 Å². The highest BCUT2D eigenvalue weighted by atomic mass is 32.2. The number of hydrogen-bond acceptors (Lipinski definition) is 6. The third-order valence-corrected chi connectivity index (χ3v) is 10.0. The van der Waals surface area contributed by atoms with Crippen LogP contribution in [0.4, 0.5) is 0 Å². The maximum Gasteiger partial charge on any atom is 0.500 e. The Labute approximate surface area is 203 Å². The summed E-state index contributed by atoms with van der Waals surface area (Å²) in [6.07, 6.45) is 14.2. The third kappa shape index (κ3) is 15.6. The van der Waals surface area contributed by atoms with Crippen molar-refractivity contribution in [3.63, 3.8) is 0 Å². The normalized spacial score (nSPS) is 12.8. The van der Waals surface area contributed by atoms with Crippen LogP contribution in [-0.4, -0.2) is 44.8 Å². The molecule has 0 N–H and O–H groups in total. The Morgan fingerprint density at radius 1 is 0.719 bits per heavy atom. The molecule has 0 radical (unpaired) electrons. The molecule has 32 heavy (non-hydrogen) atoms. The average Bonchev–Trinajstić information content (AvgIpc) is 2.78. The molecule has 5 nitrogen and oxygen atoms in total. The van der Waals surface area contributed by atoms with Gasteiger partial charge in [-0.2, -0.15) is 0 Å². The van der Waals surface area contributed by atoms with Crippen molar-refractivity contribution in [1.82, 2.24) is 0 Å². The Bertz CT molecular complexity index is 458. The van der Waals surface area contributed by atoms with Gasteiger partial charge < -0.3 is 13.3 Å². The van der Waals surface area contributed by atoms with Crippen LogP contribution in [0.3, 0.4) is 0 Å². The van der Waals surface area contributed by atoms with Crippen molar-refractivity contribution < 1.29 is 22.9 Å². The summed E-state index contributed by atoms with van der Waals surface area (Å²) in [5.74, 6) is -0.226. The van der Waals surface area contributed by atoms with E-state index in [4.69, 9.17) is 13.3 Å². The Kier molecular flexibility index (Phi) is 21.2. The number of hydrogen-bond donors (Lipinski definition) is 0. The summed E-state index contributed by atoms with van der Waals surface area (Å²) < 4.78 is 17.7. The van der Waals surface area contributed by atoms with Crippen LogP contribution in [0.2, 0.25) is 6.04 Å². The number of carbonyl (C=O) groups is 2. The van der Waals surface area contributed by atoms with Crippen molar-refractivity contribution in [3.8, 4) is 0 Å². The maximum absolute atomic E-state index is 12.4. The number of ketones is 1. The molecule has 190 valence electrons. The van der Waals surface area contributed by atoms with Crippen LogP contribution in [0, 0.1) is 0 Å². The molecule has 0 aliphatic rings. The molecule has 0 fully saturated rings. The minimum Gasteiger partial charge on any atom is -0.374 e. The number of carbonyl (C=O) groups excluding carboxylic acids is 2. The van der Waals surface area contributed by atoms with Crippen molar-refractivity contribution in [1.29, 1.82) is 0 Å². The van der Waals surface area contributed by atoms with Gasteiger partial charge in [-0.25, -0.2) is 0 Å². The molecule has 0 spiro atoms. The SMILES string of the molecule is CCCCCCCCCCCCC(=O)C(=O)SC(CC)CC[Si](OCC)(OCC)OCC. The Morgan fingerprint density at radius 3 is 1.62 bits per heavy atom. The van der Waals surface area contributed by atoms with Crippen LogP contribution in [0.25, 0.3) is 0 Å². The van der Waals surface area contributed by atoms with Gasteiger partial charge in [0, 0.05) is 37.5 Å². The zero-order valence-electron chi connectivity index (χ0n) is 21.5. The summed E-state index contributed by atoms with van der Waals surface area (Å²) in [4.78, 5) is 24.7. The van der Waals surface area contributed by atoms with Crippen molar-refractivity contribution in [2.24, 2.45) is 0 Å². The first kappa shape index (κ1) is 31.8. The highest BCUT2D eigenvalue weighted by Gasteiger charge is 2.40. The Hall–Kier alpha value is -0.213. The molecule has 0 saturated carbocycles. The van der Waals surface area contributed by atoms with Gasteiger partial charge in [-0.15, -0.1) is 0 Å². The minimum absolute atomic E-state index is 0.0902. The van der Waals surface area contributed by atoms with E-state index in [1.165, 1.54) is 63.1 Å². The summed E-state index contributed by atoms with van der Waals surface area (Å²) in [6.45, 7) is 11.8. The van der Waals surface area contributed by atoms with E-state index in [0.717, 1.165) is 25.7 Å². The van der Waals surface area contributed by atoms with Gasteiger partial charge in [0.05, 0.1) is 0 Å². The first-order chi connectivity index (χ1) is 15.5. The average molecular weight is 491 g/mol. The summed E-state index contributed by atoms with van der Waals surface area (Å²) in [5, 5.41) is -0.198. The molecule has 0 aliphatic carbocycles. The fourth-order valence-corrected chi connectivity index (χ4v) is 7.63. The second-order valence-electron chi connectivity index (χ2n) is 8.31. The molecule has 0 aromatic carbocycles. The Morgan fingerprint density at radius 2 is 1.19 bits per heavy atom. The van der Waals surface area contributed by atoms with Gasteiger partial charge >= 0.3 is 8.80 Å². The zero-order chi connectivity index (χ0) is 24.1. The van der Waals surface area contributed by atoms with E-state index >= 15 is 0 Å². The van der Waals surface area contributed by atoms with Gasteiger partial charge in [-0.05, 0) is 40.0 Å². The number of unbranched alkanes of at least 4 members (excludes halogenated alkanes) is 9. The van der Waals surface area contributed by atoms with Gasteiger partial charge in [0.1, 0.15) is 0 Å². The van der Waals surface area contributed by atoms with Gasteiger partial charge in [0.25, 0.3) is 5.12 Å². The van der Waals surface area contributed by atoms with Crippen molar-refractivity contribution in [3.05, 3.63) is 0 Å². The highest BCUT2D eigenvalue weighted by molar-refractivity contribution is 8.15. The molecule has 7 heteroatoms. The van der Waals surface area contributed by atoms with Crippen molar-refractivity contribution in [2.45, 2.75) is 129 Å². The molecular formula is C25H50O5SSi. The molecule has 0 amide bonds. The summed E-state index contributed by atoms with van der Waals surface area (Å²) >= 11 is 1.20. The fraction of sp³-hybridized carbons (Fsp3) is 0.920. The van der Waals surface area contributed by atoms with Crippen LogP contribution in [0.5, 0.6) is 0 Å². The molecule has 1 atom stereocenters. The monoisotopic (exact) mass is 490 g/mol. The third-order valence-electron chi connectivity index (χ3n) is 5.58. The Balaban J connectivity index is 4.20. The highest BCUT2D eigenvalue weighted by Crippen LogP contribution is 2.27. The first-order valence-corrected chi connectivity index (χ1v) is 15.9. The van der Waals surface area contributed by atoms with E-state index in [1.807, 2.05) is 20.8 Å². The largest absolute Gasteiger partial charge is 0.500 e. The van der Waals surface area contributed by atoms with Crippen LogP contribution in [-0.2, 0) is 22.9 Å². The van der Waals surface area contributed by atoms with Gasteiger partial charge in [0.2, 0.25) is 5.78 Å². The first-order valence-electron chi connectivity index (χ1n) is 13.1. The molecule has 0 aromatic rings. The minimum atomic E-state index is -2.71.